The van der Waals surface area contributed by atoms with Gasteiger partial charge in [0.2, 0.25) is 0 Å². The molecule has 0 saturated carbocycles. The molecular formula is C7H9F3O. The van der Waals surface area contributed by atoms with E-state index in [9.17, 15) is 13.2 Å². The largest absolute Gasteiger partial charge is 0.414 e. The van der Waals surface area contributed by atoms with Gasteiger partial charge in [-0.1, -0.05) is 0 Å². The van der Waals surface area contributed by atoms with Gasteiger partial charge in [0.05, 0.1) is 0 Å². The molecule has 1 atom stereocenters. The van der Waals surface area contributed by atoms with E-state index >= 15 is 0 Å². The van der Waals surface area contributed by atoms with E-state index in [1.165, 1.54) is 0 Å². The molecule has 0 saturated heterocycles. The normalized spacial score (nSPS) is 13.5. The summed E-state index contributed by atoms with van der Waals surface area (Å²) in [5, 5.41) is 8.42. The van der Waals surface area contributed by atoms with E-state index < -0.39 is 12.3 Å². The van der Waals surface area contributed by atoms with Gasteiger partial charge >= 0.3 is 6.18 Å². The Morgan fingerprint density at radius 3 is 2.36 bits per heavy atom. The van der Waals surface area contributed by atoms with Gasteiger partial charge in [0.15, 0.2) is 6.10 Å². The minimum Gasteiger partial charge on any atom is -0.384 e. The standard InChI is InChI=1S/C7H9F3O/c1-2-3-4-5-6(11)7(8,9)10/h6,11H,4-5H2,1H3/t6-/m0/s1. The van der Waals surface area contributed by atoms with Crippen molar-refractivity contribution in [3.8, 4) is 11.8 Å². The van der Waals surface area contributed by atoms with Crippen LogP contribution in [0.25, 0.3) is 0 Å². The average molecular weight is 166 g/mol. The molecule has 0 aliphatic rings. The Labute approximate surface area is 63.2 Å². The molecular weight excluding hydrogens is 157 g/mol. The first-order chi connectivity index (χ1) is 4.98. The van der Waals surface area contributed by atoms with Crippen molar-refractivity contribution in [2.75, 3.05) is 0 Å². The third-order valence-electron chi connectivity index (χ3n) is 1.10. The van der Waals surface area contributed by atoms with Crippen molar-refractivity contribution in [2.45, 2.75) is 32.0 Å². The molecule has 1 nitrogen and oxygen atoms in total. The monoisotopic (exact) mass is 166 g/mol. The highest BCUT2D eigenvalue weighted by atomic mass is 19.4. The van der Waals surface area contributed by atoms with E-state index in [1.54, 1.807) is 6.92 Å². The number of hydrogen-bond donors (Lipinski definition) is 1. The zero-order valence-corrected chi connectivity index (χ0v) is 6.07. The van der Waals surface area contributed by atoms with Crippen LogP contribution >= 0.6 is 0 Å². The summed E-state index contributed by atoms with van der Waals surface area (Å²) in [6.07, 6.45) is -7.00. The topological polar surface area (TPSA) is 20.2 Å². The summed E-state index contributed by atoms with van der Waals surface area (Å²) in [5.74, 6) is 4.89. The van der Waals surface area contributed by atoms with Crippen LogP contribution in [0.1, 0.15) is 19.8 Å². The molecule has 64 valence electrons. The van der Waals surface area contributed by atoms with Gasteiger partial charge in [-0.25, -0.2) is 0 Å². The highest BCUT2D eigenvalue weighted by Gasteiger charge is 2.37. The highest BCUT2D eigenvalue weighted by Crippen LogP contribution is 2.22. The zero-order valence-electron chi connectivity index (χ0n) is 6.07. The molecule has 0 aliphatic carbocycles. The van der Waals surface area contributed by atoms with E-state index in [1.807, 2.05) is 0 Å². The van der Waals surface area contributed by atoms with Crippen LogP contribution in [-0.4, -0.2) is 17.4 Å². The van der Waals surface area contributed by atoms with E-state index in [0.717, 1.165) is 0 Å². The van der Waals surface area contributed by atoms with Gasteiger partial charge in [-0.3, -0.25) is 0 Å². The van der Waals surface area contributed by atoms with Crippen molar-refractivity contribution in [3.63, 3.8) is 0 Å². The summed E-state index contributed by atoms with van der Waals surface area (Å²) in [4.78, 5) is 0. The third kappa shape index (κ3) is 4.68. The van der Waals surface area contributed by atoms with Crippen LogP contribution in [0.5, 0.6) is 0 Å². The lowest BCUT2D eigenvalue weighted by atomic mass is 10.2. The van der Waals surface area contributed by atoms with Gasteiger partial charge in [0.1, 0.15) is 0 Å². The van der Waals surface area contributed by atoms with Crippen LogP contribution in [0.3, 0.4) is 0 Å². The second-order valence-electron chi connectivity index (χ2n) is 2.02. The molecule has 0 radical (unpaired) electrons. The molecule has 0 spiro atoms. The van der Waals surface area contributed by atoms with Crippen molar-refractivity contribution in [1.29, 1.82) is 0 Å². The molecule has 0 unspecified atom stereocenters. The number of aliphatic hydroxyl groups is 1. The number of halogens is 3. The maximum atomic E-state index is 11.6. The predicted octanol–water partition coefficient (Wildman–Crippen LogP) is 1.71. The first-order valence-corrected chi connectivity index (χ1v) is 3.13. The van der Waals surface area contributed by atoms with Crippen LogP contribution in [0.4, 0.5) is 13.2 Å². The van der Waals surface area contributed by atoms with Crippen LogP contribution < -0.4 is 0 Å². The quantitative estimate of drug-likeness (QED) is 0.619. The Morgan fingerprint density at radius 1 is 1.45 bits per heavy atom. The SMILES string of the molecule is CC#CCC[C@H](O)C(F)(F)F. The van der Waals surface area contributed by atoms with E-state index in [4.69, 9.17) is 5.11 Å². The maximum Gasteiger partial charge on any atom is 0.414 e. The Balaban J connectivity index is 3.67. The predicted molar refractivity (Wildman–Crippen MR) is 34.7 cm³/mol. The van der Waals surface area contributed by atoms with Gasteiger partial charge in [-0.05, 0) is 13.3 Å². The van der Waals surface area contributed by atoms with Crippen molar-refractivity contribution in [3.05, 3.63) is 0 Å². The lowest BCUT2D eigenvalue weighted by Gasteiger charge is -2.11. The smallest absolute Gasteiger partial charge is 0.384 e. The highest BCUT2D eigenvalue weighted by molar-refractivity contribution is 4.95. The molecule has 1 N–H and O–H groups in total. The summed E-state index contributed by atoms with van der Waals surface area (Å²) < 4.78 is 34.7. The fourth-order valence-electron chi connectivity index (χ4n) is 0.498. The lowest BCUT2D eigenvalue weighted by Crippen LogP contribution is -2.28. The van der Waals surface area contributed by atoms with Crippen LogP contribution in [0.15, 0.2) is 0 Å². The minimum absolute atomic E-state index is 0.0805. The molecule has 0 bridgehead atoms. The zero-order chi connectivity index (χ0) is 8.91. The van der Waals surface area contributed by atoms with Gasteiger partial charge in [0.25, 0.3) is 0 Å². The molecule has 0 aromatic heterocycles. The van der Waals surface area contributed by atoms with Gasteiger partial charge in [0, 0.05) is 6.42 Å². The Hall–Kier alpha value is -0.690. The summed E-state index contributed by atoms with van der Waals surface area (Å²) in [7, 11) is 0. The number of rotatable bonds is 2. The fraction of sp³-hybridized carbons (Fsp3) is 0.714. The molecule has 0 heterocycles. The van der Waals surface area contributed by atoms with Crippen LogP contribution in [-0.2, 0) is 0 Å². The van der Waals surface area contributed by atoms with Crippen molar-refractivity contribution in [2.24, 2.45) is 0 Å². The Morgan fingerprint density at radius 2 is 2.00 bits per heavy atom. The van der Waals surface area contributed by atoms with Crippen molar-refractivity contribution < 1.29 is 18.3 Å². The molecule has 0 aromatic rings. The van der Waals surface area contributed by atoms with Gasteiger partial charge in [-0.15, -0.1) is 11.8 Å². The van der Waals surface area contributed by atoms with E-state index in [2.05, 4.69) is 11.8 Å². The Kier molecular flexibility index (Phi) is 3.98. The Bertz CT molecular complexity index is 163. The van der Waals surface area contributed by atoms with E-state index in [-0.39, 0.29) is 12.8 Å². The molecule has 0 fully saturated rings. The number of alkyl halides is 3. The van der Waals surface area contributed by atoms with Crippen molar-refractivity contribution >= 4 is 0 Å². The molecule has 0 amide bonds. The van der Waals surface area contributed by atoms with Gasteiger partial charge in [-0.2, -0.15) is 13.2 Å². The molecule has 0 aliphatic heterocycles. The molecule has 0 aromatic carbocycles. The van der Waals surface area contributed by atoms with Crippen molar-refractivity contribution in [1.82, 2.24) is 0 Å². The second kappa shape index (κ2) is 4.24. The molecule has 4 heteroatoms. The molecule has 0 rings (SSSR count). The fourth-order valence-corrected chi connectivity index (χ4v) is 0.498. The summed E-state index contributed by atoms with van der Waals surface area (Å²) in [6.45, 7) is 1.54. The third-order valence-corrected chi connectivity index (χ3v) is 1.10. The summed E-state index contributed by atoms with van der Waals surface area (Å²) in [5.41, 5.74) is 0. The number of aliphatic hydroxyl groups excluding tert-OH is 1. The maximum absolute atomic E-state index is 11.6. The molecule has 11 heavy (non-hydrogen) atoms. The average Bonchev–Trinajstić information content (AvgIpc) is 1.86. The van der Waals surface area contributed by atoms with E-state index in [0.29, 0.717) is 0 Å². The summed E-state index contributed by atoms with van der Waals surface area (Å²) in [6, 6.07) is 0. The van der Waals surface area contributed by atoms with Gasteiger partial charge < -0.3 is 5.11 Å². The first-order valence-electron chi connectivity index (χ1n) is 3.13. The first kappa shape index (κ1) is 10.3. The van der Waals surface area contributed by atoms with Crippen LogP contribution in [0.2, 0.25) is 0 Å². The lowest BCUT2D eigenvalue weighted by molar-refractivity contribution is -0.204. The minimum atomic E-state index is -4.50. The summed E-state index contributed by atoms with van der Waals surface area (Å²) >= 11 is 0. The number of hydrogen-bond acceptors (Lipinski definition) is 1. The van der Waals surface area contributed by atoms with Crippen LogP contribution in [0, 0.1) is 11.8 Å². The second-order valence-corrected chi connectivity index (χ2v) is 2.02.